The summed E-state index contributed by atoms with van der Waals surface area (Å²) >= 11 is 0. The molecule has 0 spiro atoms. The van der Waals surface area contributed by atoms with Crippen molar-refractivity contribution in [1.29, 1.82) is 0 Å². The summed E-state index contributed by atoms with van der Waals surface area (Å²) in [5.74, 6) is 1.16. The molecule has 0 saturated heterocycles. The average molecular weight is 252 g/mol. The lowest BCUT2D eigenvalue weighted by molar-refractivity contribution is -0.142. The van der Waals surface area contributed by atoms with E-state index in [1.165, 1.54) is 0 Å². The third-order valence-electron chi connectivity index (χ3n) is 2.16. The second-order valence-corrected chi connectivity index (χ2v) is 3.68. The molecule has 0 bridgehead atoms. The summed E-state index contributed by atoms with van der Waals surface area (Å²) in [6.07, 6.45) is 2.94. The largest absolute Gasteiger partial charge is 0.490 e. The Morgan fingerprint density at radius 1 is 1.44 bits per heavy atom. The van der Waals surface area contributed by atoms with Crippen molar-refractivity contribution in [3.63, 3.8) is 0 Å². The molecule has 0 saturated carbocycles. The molecule has 1 aromatic rings. The molecule has 1 aromatic heterocycles. The van der Waals surface area contributed by atoms with Gasteiger partial charge in [0.25, 0.3) is 0 Å². The van der Waals surface area contributed by atoms with Gasteiger partial charge in [0.1, 0.15) is 0 Å². The maximum atomic E-state index is 11.2. The highest BCUT2D eigenvalue weighted by molar-refractivity contribution is 5.70. The van der Waals surface area contributed by atoms with Crippen LogP contribution >= 0.6 is 0 Å². The van der Waals surface area contributed by atoms with Crippen molar-refractivity contribution < 1.29 is 14.3 Å². The maximum absolute atomic E-state index is 11.2. The van der Waals surface area contributed by atoms with E-state index in [1.54, 1.807) is 13.1 Å². The summed E-state index contributed by atoms with van der Waals surface area (Å²) in [4.78, 5) is 15.4. The average Bonchev–Trinajstić information content (AvgIpc) is 2.38. The van der Waals surface area contributed by atoms with Gasteiger partial charge in [0, 0.05) is 12.7 Å². The number of esters is 1. The molecule has 0 atom stereocenters. The lowest BCUT2D eigenvalue weighted by atomic mass is 10.4. The molecule has 0 aliphatic carbocycles. The second kappa shape index (κ2) is 8.33. The summed E-state index contributed by atoms with van der Waals surface area (Å²) < 4.78 is 10.4. The number of anilines is 1. The fraction of sp³-hybridized carbons (Fsp3) is 0.538. The van der Waals surface area contributed by atoms with Gasteiger partial charge >= 0.3 is 5.97 Å². The van der Waals surface area contributed by atoms with Crippen LogP contribution in [0.15, 0.2) is 18.3 Å². The SMILES string of the molecule is CCCOc1cccnc1NCCC(=O)OCC. The van der Waals surface area contributed by atoms with E-state index in [4.69, 9.17) is 9.47 Å². The van der Waals surface area contributed by atoms with E-state index in [0.29, 0.717) is 37.7 Å². The van der Waals surface area contributed by atoms with Crippen molar-refractivity contribution in [3.8, 4) is 5.75 Å². The monoisotopic (exact) mass is 252 g/mol. The van der Waals surface area contributed by atoms with Crippen LogP contribution in [0.3, 0.4) is 0 Å². The van der Waals surface area contributed by atoms with Crippen molar-refractivity contribution in [2.24, 2.45) is 0 Å². The van der Waals surface area contributed by atoms with Crippen LogP contribution in [0.2, 0.25) is 0 Å². The third kappa shape index (κ3) is 5.03. The minimum atomic E-state index is -0.211. The number of hydrogen-bond donors (Lipinski definition) is 1. The van der Waals surface area contributed by atoms with Crippen LogP contribution in [0, 0.1) is 0 Å². The Morgan fingerprint density at radius 3 is 3.00 bits per heavy atom. The van der Waals surface area contributed by atoms with Crippen LogP contribution in [0.25, 0.3) is 0 Å². The van der Waals surface area contributed by atoms with Crippen LogP contribution in [0.4, 0.5) is 5.82 Å². The number of hydrogen-bond acceptors (Lipinski definition) is 5. The van der Waals surface area contributed by atoms with Crippen LogP contribution in [-0.2, 0) is 9.53 Å². The topological polar surface area (TPSA) is 60.5 Å². The van der Waals surface area contributed by atoms with Gasteiger partial charge in [-0.3, -0.25) is 4.79 Å². The Bertz CT molecular complexity index is 369. The van der Waals surface area contributed by atoms with Gasteiger partial charge in [-0.05, 0) is 25.5 Å². The number of pyridine rings is 1. The molecule has 1 N–H and O–H groups in total. The maximum Gasteiger partial charge on any atom is 0.307 e. The summed E-state index contributed by atoms with van der Waals surface area (Å²) in [5.41, 5.74) is 0. The van der Waals surface area contributed by atoms with E-state index in [1.807, 2.05) is 19.1 Å². The minimum absolute atomic E-state index is 0.211. The van der Waals surface area contributed by atoms with Crippen molar-refractivity contribution >= 4 is 11.8 Å². The first-order chi connectivity index (χ1) is 8.77. The lowest BCUT2D eigenvalue weighted by Gasteiger charge is -2.11. The van der Waals surface area contributed by atoms with Gasteiger partial charge in [0.15, 0.2) is 11.6 Å². The number of nitrogens with zero attached hydrogens (tertiary/aromatic N) is 1. The smallest absolute Gasteiger partial charge is 0.307 e. The van der Waals surface area contributed by atoms with Gasteiger partial charge in [0.2, 0.25) is 0 Å². The van der Waals surface area contributed by atoms with Crippen LogP contribution in [-0.4, -0.2) is 30.7 Å². The van der Waals surface area contributed by atoms with Gasteiger partial charge in [-0.1, -0.05) is 6.92 Å². The van der Waals surface area contributed by atoms with Crippen molar-refractivity contribution in [2.45, 2.75) is 26.7 Å². The fourth-order valence-corrected chi connectivity index (χ4v) is 1.37. The van der Waals surface area contributed by atoms with E-state index in [0.717, 1.165) is 6.42 Å². The summed E-state index contributed by atoms with van der Waals surface area (Å²) in [7, 11) is 0. The zero-order chi connectivity index (χ0) is 13.2. The van der Waals surface area contributed by atoms with Gasteiger partial charge in [-0.2, -0.15) is 0 Å². The molecule has 1 rings (SSSR count). The van der Waals surface area contributed by atoms with Crippen LogP contribution in [0.1, 0.15) is 26.7 Å². The number of rotatable bonds is 8. The van der Waals surface area contributed by atoms with E-state index < -0.39 is 0 Å². The van der Waals surface area contributed by atoms with Crippen molar-refractivity contribution in [3.05, 3.63) is 18.3 Å². The quantitative estimate of drug-likeness (QED) is 0.719. The Labute approximate surface area is 108 Å². The molecule has 5 nitrogen and oxygen atoms in total. The molecular formula is C13H20N2O3. The second-order valence-electron chi connectivity index (χ2n) is 3.68. The molecular weight excluding hydrogens is 232 g/mol. The fourth-order valence-electron chi connectivity index (χ4n) is 1.37. The van der Waals surface area contributed by atoms with Gasteiger partial charge in [-0.25, -0.2) is 4.98 Å². The highest BCUT2D eigenvalue weighted by Crippen LogP contribution is 2.20. The third-order valence-corrected chi connectivity index (χ3v) is 2.16. The Hall–Kier alpha value is -1.78. The number of carbonyl (C=O) groups is 1. The Kier molecular flexibility index (Phi) is 6.61. The Balaban J connectivity index is 2.43. The number of aromatic nitrogens is 1. The molecule has 0 radical (unpaired) electrons. The van der Waals surface area contributed by atoms with E-state index in [2.05, 4.69) is 10.3 Å². The predicted octanol–water partition coefficient (Wildman–Crippen LogP) is 2.24. The minimum Gasteiger partial charge on any atom is -0.490 e. The molecule has 0 amide bonds. The molecule has 0 aliphatic rings. The van der Waals surface area contributed by atoms with Crippen LogP contribution < -0.4 is 10.1 Å². The number of nitrogens with one attached hydrogen (secondary N) is 1. The first-order valence-corrected chi connectivity index (χ1v) is 6.25. The first-order valence-electron chi connectivity index (χ1n) is 6.25. The van der Waals surface area contributed by atoms with Crippen molar-refractivity contribution in [1.82, 2.24) is 4.98 Å². The highest BCUT2D eigenvalue weighted by Gasteiger charge is 2.05. The molecule has 0 fully saturated rings. The molecule has 0 unspecified atom stereocenters. The zero-order valence-corrected chi connectivity index (χ0v) is 10.9. The van der Waals surface area contributed by atoms with Gasteiger partial charge in [0.05, 0.1) is 19.6 Å². The summed E-state index contributed by atoms with van der Waals surface area (Å²) in [5, 5.41) is 3.07. The molecule has 18 heavy (non-hydrogen) atoms. The van der Waals surface area contributed by atoms with Gasteiger partial charge in [-0.15, -0.1) is 0 Å². The molecule has 5 heteroatoms. The van der Waals surface area contributed by atoms with E-state index >= 15 is 0 Å². The Morgan fingerprint density at radius 2 is 2.28 bits per heavy atom. The summed E-state index contributed by atoms with van der Waals surface area (Å²) in [6, 6.07) is 3.68. The standard InChI is InChI=1S/C13H20N2O3/c1-3-10-18-11-6-5-8-14-13(11)15-9-7-12(16)17-4-2/h5-6,8H,3-4,7,9-10H2,1-2H3,(H,14,15). The molecule has 0 aromatic carbocycles. The summed E-state index contributed by atoms with van der Waals surface area (Å²) in [6.45, 7) is 5.38. The lowest BCUT2D eigenvalue weighted by Crippen LogP contribution is -2.12. The molecule has 1 heterocycles. The number of ether oxygens (including phenoxy) is 2. The normalized spacial score (nSPS) is 9.89. The predicted molar refractivity (Wildman–Crippen MR) is 69.8 cm³/mol. The highest BCUT2D eigenvalue weighted by atomic mass is 16.5. The van der Waals surface area contributed by atoms with E-state index in [-0.39, 0.29) is 5.97 Å². The van der Waals surface area contributed by atoms with E-state index in [9.17, 15) is 4.79 Å². The van der Waals surface area contributed by atoms with Gasteiger partial charge < -0.3 is 14.8 Å². The first kappa shape index (κ1) is 14.3. The molecule has 100 valence electrons. The van der Waals surface area contributed by atoms with Crippen molar-refractivity contribution in [2.75, 3.05) is 25.1 Å². The number of carbonyl (C=O) groups excluding carboxylic acids is 1. The zero-order valence-electron chi connectivity index (χ0n) is 10.9. The molecule has 0 aliphatic heterocycles. The van der Waals surface area contributed by atoms with Crippen LogP contribution in [0.5, 0.6) is 5.75 Å².